The Balaban J connectivity index is 1.86. The Morgan fingerprint density at radius 1 is 1.32 bits per heavy atom. The number of nitrogens with zero attached hydrogens (tertiary/aromatic N) is 1. The van der Waals surface area contributed by atoms with Gasteiger partial charge >= 0.3 is 6.09 Å². The molecule has 0 unspecified atom stereocenters. The van der Waals surface area contributed by atoms with Gasteiger partial charge in [-0.1, -0.05) is 32.3 Å². The van der Waals surface area contributed by atoms with Crippen molar-refractivity contribution < 1.29 is 9.53 Å². The molecule has 1 aliphatic rings. The Kier molecular flexibility index (Phi) is 5.07. The standard InChI is InChI=1S/C15H22N2O2/c1-2-3-4-5-9-16-13-7-6-8-14(12-13)17-10-11-19-15(17)18/h6-8,12,16H,2-5,9-11H2,1H3. The zero-order chi connectivity index (χ0) is 13.5. The first-order valence-electron chi connectivity index (χ1n) is 7.09. The molecule has 0 saturated carbocycles. The number of ether oxygens (including phenoxy) is 1. The highest BCUT2D eigenvalue weighted by atomic mass is 16.6. The van der Waals surface area contributed by atoms with Crippen LogP contribution in [0.15, 0.2) is 24.3 Å². The summed E-state index contributed by atoms with van der Waals surface area (Å²) in [6, 6.07) is 7.95. The Labute approximate surface area is 114 Å². The molecule has 1 heterocycles. The molecule has 1 aromatic carbocycles. The van der Waals surface area contributed by atoms with Crippen molar-refractivity contribution in [1.29, 1.82) is 0 Å². The molecular formula is C15H22N2O2. The lowest BCUT2D eigenvalue weighted by Gasteiger charge is -2.14. The van der Waals surface area contributed by atoms with Crippen LogP contribution in [0.5, 0.6) is 0 Å². The minimum atomic E-state index is -0.250. The number of carbonyl (C=O) groups excluding carboxylic acids is 1. The molecule has 0 aromatic heterocycles. The van der Waals surface area contributed by atoms with Gasteiger partial charge in [0, 0.05) is 17.9 Å². The molecule has 1 saturated heterocycles. The molecule has 4 nitrogen and oxygen atoms in total. The zero-order valence-corrected chi connectivity index (χ0v) is 11.5. The molecule has 4 heteroatoms. The molecule has 1 fully saturated rings. The largest absolute Gasteiger partial charge is 0.447 e. The summed E-state index contributed by atoms with van der Waals surface area (Å²) in [4.78, 5) is 13.2. The van der Waals surface area contributed by atoms with Crippen LogP contribution in [-0.2, 0) is 4.74 Å². The van der Waals surface area contributed by atoms with E-state index in [9.17, 15) is 4.79 Å². The lowest BCUT2D eigenvalue weighted by Crippen LogP contribution is -2.23. The minimum Gasteiger partial charge on any atom is -0.447 e. The maximum Gasteiger partial charge on any atom is 0.414 e. The SMILES string of the molecule is CCCCCCNc1cccc(N2CCOC2=O)c1. The lowest BCUT2D eigenvalue weighted by molar-refractivity contribution is 0.181. The molecule has 1 aliphatic heterocycles. The first kappa shape index (κ1) is 13.7. The van der Waals surface area contributed by atoms with Gasteiger partial charge in [-0.2, -0.15) is 0 Å². The average molecular weight is 262 g/mol. The number of benzene rings is 1. The number of unbranched alkanes of at least 4 members (excludes halogenated alkanes) is 3. The number of nitrogens with one attached hydrogen (secondary N) is 1. The van der Waals surface area contributed by atoms with Crippen LogP contribution in [0.25, 0.3) is 0 Å². The van der Waals surface area contributed by atoms with Crippen LogP contribution in [0, 0.1) is 0 Å². The van der Waals surface area contributed by atoms with Crippen molar-refractivity contribution in [1.82, 2.24) is 0 Å². The first-order valence-corrected chi connectivity index (χ1v) is 7.09. The highest BCUT2D eigenvalue weighted by molar-refractivity contribution is 5.89. The summed E-state index contributed by atoms with van der Waals surface area (Å²) in [6.45, 7) is 4.31. The Morgan fingerprint density at radius 2 is 2.21 bits per heavy atom. The predicted molar refractivity (Wildman–Crippen MR) is 77.8 cm³/mol. The van der Waals surface area contributed by atoms with E-state index in [2.05, 4.69) is 12.2 Å². The second-order valence-electron chi connectivity index (χ2n) is 4.80. The molecule has 2 rings (SSSR count). The highest BCUT2D eigenvalue weighted by Crippen LogP contribution is 2.22. The summed E-state index contributed by atoms with van der Waals surface area (Å²) >= 11 is 0. The maximum absolute atomic E-state index is 11.5. The predicted octanol–water partition coefficient (Wildman–Crippen LogP) is 3.64. The minimum absolute atomic E-state index is 0.250. The van der Waals surface area contributed by atoms with Crippen molar-refractivity contribution in [3.05, 3.63) is 24.3 Å². The van der Waals surface area contributed by atoms with E-state index in [-0.39, 0.29) is 6.09 Å². The van der Waals surface area contributed by atoms with Crippen molar-refractivity contribution in [3.8, 4) is 0 Å². The van der Waals surface area contributed by atoms with E-state index in [0.29, 0.717) is 13.2 Å². The molecule has 1 N–H and O–H groups in total. The molecule has 0 radical (unpaired) electrons. The van der Waals surface area contributed by atoms with Gasteiger partial charge in [0.1, 0.15) is 6.61 Å². The van der Waals surface area contributed by atoms with E-state index in [4.69, 9.17) is 4.74 Å². The Bertz CT molecular complexity index is 420. The van der Waals surface area contributed by atoms with Gasteiger partial charge in [0.2, 0.25) is 0 Å². The fraction of sp³-hybridized carbons (Fsp3) is 0.533. The lowest BCUT2D eigenvalue weighted by atomic mass is 10.2. The van der Waals surface area contributed by atoms with Crippen molar-refractivity contribution >= 4 is 17.5 Å². The van der Waals surface area contributed by atoms with Crippen LogP contribution in [0.2, 0.25) is 0 Å². The summed E-state index contributed by atoms with van der Waals surface area (Å²) in [5.41, 5.74) is 1.97. The summed E-state index contributed by atoms with van der Waals surface area (Å²) in [6.07, 6.45) is 4.75. The van der Waals surface area contributed by atoms with Crippen molar-refractivity contribution in [2.45, 2.75) is 32.6 Å². The van der Waals surface area contributed by atoms with Crippen LogP contribution in [0.1, 0.15) is 32.6 Å². The first-order chi connectivity index (χ1) is 9.31. The van der Waals surface area contributed by atoms with Gasteiger partial charge in [-0.3, -0.25) is 4.90 Å². The number of anilines is 2. The zero-order valence-electron chi connectivity index (χ0n) is 11.5. The molecule has 104 valence electrons. The Morgan fingerprint density at radius 3 is 2.95 bits per heavy atom. The fourth-order valence-electron chi connectivity index (χ4n) is 2.20. The summed E-state index contributed by atoms with van der Waals surface area (Å²) in [5, 5.41) is 3.40. The smallest absolute Gasteiger partial charge is 0.414 e. The third-order valence-corrected chi connectivity index (χ3v) is 3.28. The van der Waals surface area contributed by atoms with Gasteiger partial charge in [-0.25, -0.2) is 4.79 Å². The number of amides is 1. The number of hydrogen-bond donors (Lipinski definition) is 1. The summed E-state index contributed by atoms with van der Waals surface area (Å²) < 4.78 is 4.95. The fourth-order valence-corrected chi connectivity index (χ4v) is 2.20. The van der Waals surface area contributed by atoms with E-state index in [1.54, 1.807) is 4.90 Å². The maximum atomic E-state index is 11.5. The topological polar surface area (TPSA) is 41.6 Å². The number of hydrogen-bond acceptors (Lipinski definition) is 3. The quantitative estimate of drug-likeness (QED) is 0.763. The second-order valence-corrected chi connectivity index (χ2v) is 4.80. The van der Waals surface area contributed by atoms with E-state index in [1.807, 2.05) is 24.3 Å². The third-order valence-electron chi connectivity index (χ3n) is 3.28. The number of rotatable bonds is 7. The van der Waals surface area contributed by atoms with Gasteiger partial charge in [-0.15, -0.1) is 0 Å². The van der Waals surface area contributed by atoms with Crippen molar-refractivity contribution in [3.63, 3.8) is 0 Å². The van der Waals surface area contributed by atoms with E-state index >= 15 is 0 Å². The normalized spacial score (nSPS) is 14.6. The van der Waals surface area contributed by atoms with E-state index in [1.165, 1.54) is 25.7 Å². The number of cyclic esters (lactones) is 1. The van der Waals surface area contributed by atoms with Gasteiger partial charge < -0.3 is 10.1 Å². The van der Waals surface area contributed by atoms with Crippen LogP contribution in [0.4, 0.5) is 16.2 Å². The monoisotopic (exact) mass is 262 g/mol. The van der Waals surface area contributed by atoms with Gasteiger partial charge in [0.25, 0.3) is 0 Å². The van der Waals surface area contributed by atoms with Crippen LogP contribution in [-0.4, -0.2) is 25.8 Å². The van der Waals surface area contributed by atoms with Crippen LogP contribution < -0.4 is 10.2 Å². The van der Waals surface area contributed by atoms with Gasteiger partial charge in [0.05, 0.1) is 6.54 Å². The molecular weight excluding hydrogens is 240 g/mol. The molecule has 0 spiro atoms. The van der Waals surface area contributed by atoms with Crippen LogP contribution >= 0.6 is 0 Å². The molecule has 0 atom stereocenters. The van der Waals surface area contributed by atoms with Crippen LogP contribution in [0.3, 0.4) is 0 Å². The third kappa shape index (κ3) is 3.88. The molecule has 19 heavy (non-hydrogen) atoms. The highest BCUT2D eigenvalue weighted by Gasteiger charge is 2.23. The van der Waals surface area contributed by atoms with Crippen molar-refractivity contribution in [2.75, 3.05) is 29.9 Å². The van der Waals surface area contributed by atoms with Crippen molar-refractivity contribution in [2.24, 2.45) is 0 Å². The summed E-state index contributed by atoms with van der Waals surface area (Å²) in [7, 11) is 0. The molecule has 0 aliphatic carbocycles. The second kappa shape index (κ2) is 7.02. The summed E-state index contributed by atoms with van der Waals surface area (Å²) in [5.74, 6) is 0. The molecule has 1 amide bonds. The van der Waals surface area contributed by atoms with Gasteiger partial charge in [0.15, 0.2) is 0 Å². The Hall–Kier alpha value is -1.71. The molecule has 0 bridgehead atoms. The van der Waals surface area contributed by atoms with E-state index in [0.717, 1.165) is 17.9 Å². The number of carbonyl (C=O) groups is 1. The average Bonchev–Trinajstić information content (AvgIpc) is 2.85. The van der Waals surface area contributed by atoms with Gasteiger partial charge in [-0.05, 0) is 24.6 Å². The van der Waals surface area contributed by atoms with E-state index < -0.39 is 0 Å². The molecule has 1 aromatic rings.